The van der Waals surface area contributed by atoms with Crippen LogP contribution < -0.4 is 5.32 Å². The van der Waals surface area contributed by atoms with Gasteiger partial charge in [0.2, 0.25) is 12.2 Å². The second-order valence-corrected chi connectivity index (χ2v) is 7.32. The number of rotatable bonds is 8. The number of nitrogens with one attached hydrogen (secondary N) is 1. The van der Waals surface area contributed by atoms with E-state index in [4.69, 9.17) is 9.72 Å². The fourth-order valence-corrected chi connectivity index (χ4v) is 3.70. The van der Waals surface area contributed by atoms with E-state index in [1.165, 1.54) is 0 Å². The predicted molar refractivity (Wildman–Crippen MR) is 109 cm³/mol. The minimum Gasteiger partial charge on any atom is -0.437 e. The van der Waals surface area contributed by atoms with E-state index in [0.29, 0.717) is 12.3 Å². The molecule has 146 valence electrons. The smallest absolute Gasteiger partial charge is 0.307 e. The van der Waals surface area contributed by atoms with Gasteiger partial charge in [-0.25, -0.2) is 4.98 Å². The highest BCUT2D eigenvalue weighted by molar-refractivity contribution is 5.80. The zero-order chi connectivity index (χ0) is 19.4. The molecule has 1 N–H and O–H groups in total. The maximum absolute atomic E-state index is 12.6. The fourth-order valence-electron chi connectivity index (χ4n) is 3.70. The summed E-state index contributed by atoms with van der Waals surface area (Å²) in [7, 11) is 0. The van der Waals surface area contributed by atoms with Gasteiger partial charge in [-0.2, -0.15) is 0 Å². The summed E-state index contributed by atoms with van der Waals surface area (Å²) in [5.74, 6) is 0.985. The van der Waals surface area contributed by atoms with Crippen LogP contribution in [-0.2, 0) is 9.53 Å². The lowest BCUT2D eigenvalue weighted by atomic mass is 9.96. The van der Waals surface area contributed by atoms with Gasteiger partial charge in [-0.3, -0.25) is 9.36 Å². The Morgan fingerprint density at radius 2 is 2.04 bits per heavy atom. The van der Waals surface area contributed by atoms with E-state index >= 15 is 0 Å². The first kappa shape index (κ1) is 19.5. The van der Waals surface area contributed by atoms with Gasteiger partial charge in [0.05, 0.1) is 11.0 Å². The molecule has 1 aromatic carbocycles. The van der Waals surface area contributed by atoms with Crippen LogP contribution in [0.1, 0.15) is 72.4 Å². The Kier molecular flexibility index (Phi) is 6.19. The summed E-state index contributed by atoms with van der Waals surface area (Å²) < 4.78 is 8.08. The lowest BCUT2D eigenvalue weighted by Gasteiger charge is -2.33. The molecule has 0 bridgehead atoms. The van der Waals surface area contributed by atoms with E-state index in [1.54, 1.807) is 0 Å². The van der Waals surface area contributed by atoms with Crippen molar-refractivity contribution in [2.24, 2.45) is 5.92 Å². The number of carbonyl (C=O) groups is 1. The number of aromatic nitrogens is 2. The van der Waals surface area contributed by atoms with E-state index in [0.717, 1.165) is 60.4 Å². The standard InChI is InChI=1S/C22H31N3O2/c1-5-8-9-14-19(26)27-21-16(7-3)20(15(4)6-2)24-22-23-17-12-10-11-13-18(17)25(21)22/h10-13,15,21H,5-9,14H2,1-4H3,(H,23,24). The third-order valence-corrected chi connectivity index (χ3v) is 5.43. The number of unbranched alkanes of at least 4 members (excludes halogenated alkanes) is 2. The number of esters is 1. The monoisotopic (exact) mass is 369 g/mol. The largest absolute Gasteiger partial charge is 0.437 e. The first-order valence-electron chi connectivity index (χ1n) is 10.3. The SMILES string of the molecule is CCCCCC(=O)OC1C(CC)=C(C(C)CC)Nc2nc3ccccc3n21. The maximum atomic E-state index is 12.6. The number of ether oxygens (including phenoxy) is 1. The summed E-state index contributed by atoms with van der Waals surface area (Å²) in [6.07, 6.45) is 4.91. The molecule has 27 heavy (non-hydrogen) atoms. The fraction of sp³-hybridized carbons (Fsp3) is 0.545. The number of allylic oxidation sites excluding steroid dienone is 1. The molecule has 2 aromatic rings. The van der Waals surface area contributed by atoms with E-state index < -0.39 is 6.23 Å². The van der Waals surface area contributed by atoms with E-state index in [1.807, 2.05) is 28.8 Å². The summed E-state index contributed by atoms with van der Waals surface area (Å²) in [4.78, 5) is 17.3. The zero-order valence-electron chi connectivity index (χ0n) is 16.9. The minimum atomic E-state index is -0.420. The molecule has 2 atom stereocenters. The Labute approximate surface area is 161 Å². The normalized spacial score (nSPS) is 17.6. The van der Waals surface area contributed by atoms with Crippen molar-refractivity contribution < 1.29 is 9.53 Å². The van der Waals surface area contributed by atoms with Crippen molar-refractivity contribution in [1.82, 2.24) is 9.55 Å². The van der Waals surface area contributed by atoms with E-state index in [9.17, 15) is 4.79 Å². The molecule has 0 saturated carbocycles. The molecule has 0 aliphatic carbocycles. The third-order valence-electron chi connectivity index (χ3n) is 5.43. The number of hydrogen-bond donors (Lipinski definition) is 1. The molecule has 2 heterocycles. The average molecular weight is 370 g/mol. The Bertz CT molecular complexity index is 837. The van der Waals surface area contributed by atoms with Crippen molar-refractivity contribution in [2.75, 3.05) is 5.32 Å². The van der Waals surface area contributed by atoms with Gasteiger partial charge in [-0.05, 0) is 37.3 Å². The van der Waals surface area contributed by atoms with Crippen LogP contribution in [0.15, 0.2) is 35.5 Å². The number of fused-ring (bicyclic) bond motifs is 3. The molecule has 5 nitrogen and oxygen atoms in total. The zero-order valence-corrected chi connectivity index (χ0v) is 16.9. The summed E-state index contributed by atoms with van der Waals surface area (Å²) >= 11 is 0. The Balaban J connectivity index is 2.02. The van der Waals surface area contributed by atoms with Gasteiger partial charge in [0, 0.05) is 17.7 Å². The second kappa shape index (κ2) is 8.59. The van der Waals surface area contributed by atoms with Crippen LogP contribution in [0.25, 0.3) is 11.0 Å². The quantitative estimate of drug-likeness (QED) is 0.472. The lowest BCUT2D eigenvalue weighted by Crippen LogP contribution is -2.29. The highest BCUT2D eigenvalue weighted by Gasteiger charge is 2.33. The molecule has 0 fully saturated rings. The van der Waals surface area contributed by atoms with Gasteiger partial charge in [0.25, 0.3) is 0 Å². The molecule has 1 aromatic heterocycles. The molecule has 0 amide bonds. The predicted octanol–water partition coefficient (Wildman–Crippen LogP) is 5.79. The molecule has 0 radical (unpaired) electrons. The molecule has 1 aliphatic heterocycles. The summed E-state index contributed by atoms with van der Waals surface area (Å²) in [5.41, 5.74) is 4.19. The topological polar surface area (TPSA) is 56.1 Å². The number of benzene rings is 1. The van der Waals surface area contributed by atoms with Gasteiger partial charge >= 0.3 is 5.97 Å². The number of para-hydroxylation sites is 2. The number of nitrogens with zero attached hydrogens (tertiary/aromatic N) is 2. The molecule has 3 rings (SSSR count). The Hall–Kier alpha value is -2.30. The molecule has 1 aliphatic rings. The summed E-state index contributed by atoms with van der Waals surface area (Å²) in [5, 5.41) is 3.53. The van der Waals surface area contributed by atoms with Crippen molar-refractivity contribution in [2.45, 2.75) is 72.4 Å². The molecule has 0 spiro atoms. The van der Waals surface area contributed by atoms with Crippen molar-refractivity contribution in [1.29, 1.82) is 0 Å². The van der Waals surface area contributed by atoms with Crippen LogP contribution in [0.2, 0.25) is 0 Å². The number of anilines is 1. The molecule has 0 saturated heterocycles. The Morgan fingerprint density at radius 3 is 2.74 bits per heavy atom. The van der Waals surface area contributed by atoms with Crippen LogP contribution in [0.4, 0.5) is 5.95 Å². The first-order chi connectivity index (χ1) is 13.1. The molecule has 2 unspecified atom stereocenters. The number of hydrogen-bond acceptors (Lipinski definition) is 4. The third kappa shape index (κ3) is 3.87. The summed E-state index contributed by atoms with van der Waals surface area (Å²) in [6.45, 7) is 8.65. The van der Waals surface area contributed by atoms with Gasteiger partial charge in [-0.15, -0.1) is 0 Å². The minimum absolute atomic E-state index is 0.131. The van der Waals surface area contributed by atoms with Gasteiger partial charge in [0.1, 0.15) is 0 Å². The first-order valence-corrected chi connectivity index (χ1v) is 10.3. The van der Waals surface area contributed by atoms with Gasteiger partial charge in [-0.1, -0.05) is 52.7 Å². The highest BCUT2D eigenvalue weighted by Crippen LogP contribution is 2.39. The number of carbonyl (C=O) groups excluding carboxylic acids is 1. The van der Waals surface area contributed by atoms with Crippen LogP contribution in [0.3, 0.4) is 0 Å². The van der Waals surface area contributed by atoms with Crippen LogP contribution in [-0.4, -0.2) is 15.5 Å². The van der Waals surface area contributed by atoms with Crippen molar-refractivity contribution in [3.05, 3.63) is 35.5 Å². The Morgan fingerprint density at radius 1 is 1.26 bits per heavy atom. The lowest BCUT2D eigenvalue weighted by molar-refractivity contribution is -0.151. The van der Waals surface area contributed by atoms with Crippen molar-refractivity contribution in [3.63, 3.8) is 0 Å². The highest BCUT2D eigenvalue weighted by atomic mass is 16.6. The van der Waals surface area contributed by atoms with Crippen molar-refractivity contribution in [3.8, 4) is 0 Å². The number of imidazole rings is 1. The maximum Gasteiger partial charge on any atom is 0.307 e. The van der Waals surface area contributed by atoms with Crippen LogP contribution in [0, 0.1) is 5.92 Å². The molecule has 5 heteroatoms. The summed E-state index contributed by atoms with van der Waals surface area (Å²) in [6, 6.07) is 8.01. The van der Waals surface area contributed by atoms with E-state index in [2.05, 4.69) is 33.0 Å². The van der Waals surface area contributed by atoms with Gasteiger partial charge < -0.3 is 10.1 Å². The average Bonchev–Trinajstić information content (AvgIpc) is 3.05. The van der Waals surface area contributed by atoms with Gasteiger partial charge in [0.15, 0.2) is 0 Å². The molecular weight excluding hydrogens is 338 g/mol. The van der Waals surface area contributed by atoms with E-state index in [-0.39, 0.29) is 5.97 Å². The molecular formula is C22H31N3O2. The second-order valence-electron chi connectivity index (χ2n) is 7.32. The van der Waals surface area contributed by atoms with Crippen LogP contribution >= 0.6 is 0 Å². The van der Waals surface area contributed by atoms with Crippen molar-refractivity contribution >= 4 is 23.0 Å². The van der Waals surface area contributed by atoms with Crippen LogP contribution in [0.5, 0.6) is 0 Å².